The number of thioether (sulfide) groups is 1. The number of thiazole rings is 1. The fourth-order valence-electron chi connectivity index (χ4n) is 1.62. The molecule has 0 radical (unpaired) electrons. The second-order valence-electron chi connectivity index (χ2n) is 5.04. The second kappa shape index (κ2) is 6.57. The maximum absolute atomic E-state index is 11.0. The van der Waals surface area contributed by atoms with Crippen molar-refractivity contribution in [3.63, 3.8) is 0 Å². The molecule has 8 heteroatoms. The van der Waals surface area contributed by atoms with Crippen molar-refractivity contribution < 1.29 is 9.32 Å². The first-order valence-electron chi connectivity index (χ1n) is 6.61. The predicted octanol–water partition coefficient (Wildman–Crippen LogP) is 2.84. The predicted molar refractivity (Wildman–Crippen MR) is 82.4 cm³/mol. The number of nitrogens with two attached hydrogens (primary N) is 1. The molecule has 0 spiro atoms. The highest BCUT2D eigenvalue weighted by Crippen LogP contribution is 2.37. The molecule has 0 aliphatic rings. The van der Waals surface area contributed by atoms with Crippen LogP contribution in [0.3, 0.4) is 0 Å². The van der Waals surface area contributed by atoms with Gasteiger partial charge in [-0.05, 0) is 13.8 Å². The van der Waals surface area contributed by atoms with E-state index in [0.717, 1.165) is 14.9 Å². The summed E-state index contributed by atoms with van der Waals surface area (Å²) in [6, 6.07) is 0. The van der Waals surface area contributed by atoms with Gasteiger partial charge in [0.15, 0.2) is 10.2 Å². The van der Waals surface area contributed by atoms with E-state index in [-0.39, 0.29) is 23.5 Å². The number of rotatable bonds is 6. The van der Waals surface area contributed by atoms with Crippen molar-refractivity contribution in [1.29, 1.82) is 0 Å². The summed E-state index contributed by atoms with van der Waals surface area (Å²) in [4.78, 5) is 20.8. The smallest absolute Gasteiger partial charge is 0.239 e. The lowest BCUT2D eigenvalue weighted by Crippen LogP contribution is -2.13. The van der Waals surface area contributed by atoms with Crippen LogP contribution in [-0.4, -0.2) is 21.0 Å². The minimum absolute atomic E-state index is 0.0111. The van der Waals surface area contributed by atoms with Gasteiger partial charge < -0.3 is 10.3 Å². The molecule has 2 aromatic heterocycles. The van der Waals surface area contributed by atoms with E-state index in [2.05, 4.69) is 15.1 Å². The van der Waals surface area contributed by atoms with Gasteiger partial charge in [0, 0.05) is 10.8 Å². The van der Waals surface area contributed by atoms with Gasteiger partial charge in [-0.15, -0.1) is 11.3 Å². The molecule has 2 N–H and O–H groups in total. The second-order valence-corrected chi connectivity index (χ2v) is 7.71. The van der Waals surface area contributed by atoms with Gasteiger partial charge in [0.1, 0.15) is 0 Å². The average Bonchev–Trinajstić information content (AvgIpc) is 2.97. The number of carbonyl (C=O) groups is 1. The average molecular weight is 326 g/mol. The number of aryl methyl sites for hydroxylation is 1. The van der Waals surface area contributed by atoms with Crippen molar-refractivity contribution in [2.45, 2.75) is 49.6 Å². The minimum atomic E-state index is -0.343. The Morgan fingerprint density at radius 1 is 1.38 bits per heavy atom. The van der Waals surface area contributed by atoms with Gasteiger partial charge in [0.25, 0.3) is 0 Å². The Kier molecular flexibility index (Phi) is 5.00. The lowest BCUT2D eigenvalue weighted by atomic mass is 10.2. The van der Waals surface area contributed by atoms with Gasteiger partial charge in [-0.1, -0.05) is 30.8 Å². The molecule has 0 saturated carbocycles. The Bertz CT molecular complexity index is 636. The van der Waals surface area contributed by atoms with E-state index in [9.17, 15) is 4.79 Å². The zero-order chi connectivity index (χ0) is 15.6. The van der Waals surface area contributed by atoms with Crippen molar-refractivity contribution in [3.05, 3.63) is 22.3 Å². The van der Waals surface area contributed by atoms with Crippen molar-refractivity contribution in [1.82, 2.24) is 15.1 Å². The summed E-state index contributed by atoms with van der Waals surface area (Å²) in [5.41, 5.74) is 6.07. The van der Waals surface area contributed by atoms with Crippen LogP contribution in [0.4, 0.5) is 0 Å². The molecule has 1 atom stereocenters. The zero-order valence-electron chi connectivity index (χ0n) is 12.4. The first-order valence-corrected chi connectivity index (χ1v) is 8.31. The largest absolute Gasteiger partial charge is 0.369 e. The molecule has 0 unspecified atom stereocenters. The van der Waals surface area contributed by atoms with Crippen molar-refractivity contribution in [2.75, 3.05) is 0 Å². The molecule has 6 nitrogen and oxygen atoms in total. The van der Waals surface area contributed by atoms with E-state index < -0.39 is 0 Å². The van der Waals surface area contributed by atoms with Crippen LogP contribution < -0.4 is 5.73 Å². The van der Waals surface area contributed by atoms with E-state index in [1.807, 2.05) is 27.7 Å². The Morgan fingerprint density at radius 2 is 2.10 bits per heavy atom. The van der Waals surface area contributed by atoms with Crippen LogP contribution in [0.5, 0.6) is 0 Å². The van der Waals surface area contributed by atoms with Crippen molar-refractivity contribution in [2.24, 2.45) is 5.73 Å². The molecular formula is C13H18N4O2S2. The normalized spacial score (nSPS) is 12.8. The van der Waals surface area contributed by atoms with Crippen LogP contribution in [0.2, 0.25) is 0 Å². The number of aromatic nitrogens is 3. The minimum Gasteiger partial charge on any atom is -0.369 e. The highest BCUT2D eigenvalue weighted by molar-refractivity contribution is 8.01. The molecule has 0 aliphatic heterocycles. The van der Waals surface area contributed by atoms with Gasteiger partial charge in [-0.3, -0.25) is 4.79 Å². The third kappa shape index (κ3) is 4.04. The molecule has 0 fully saturated rings. The SMILES string of the molecule is Cc1nc(S[C@H](C)c2nc(C(C)C)no2)sc1CC(N)=O. The lowest BCUT2D eigenvalue weighted by Gasteiger charge is -2.02. The Balaban J connectivity index is 2.08. The summed E-state index contributed by atoms with van der Waals surface area (Å²) in [6.45, 7) is 7.92. The number of primary amides is 1. The standard InChI is InChI=1S/C13H18N4O2S2/c1-6(2)11-16-12(19-17-11)8(4)20-13-15-7(3)9(21-13)5-10(14)18/h6,8H,5H2,1-4H3,(H2,14,18)/t8-/m1/s1. The summed E-state index contributed by atoms with van der Waals surface area (Å²) in [7, 11) is 0. The first kappa shape index (κ1) is 16.0. The van der Waals surface area contributed by atoms with Gasteiger partial charge >= 0.3 is 0 Å². The highest BCUT2D eigenvalue weighted by atomic mass is 32.2. The van der Waals surface area contributed by atoms with Crippen molar-refractivity contribution >= 4 is 29.0 Å². The molecule has 0 bridgehead atoms. The molecule has 1 amide bonds. The van der Waals surface area contributed by atoms with Crippen LogP contribution in [-0.2, 0) is 11.2 Å². The van der Waals surface area contributed by atoms with Crippen LogP contribution in [0.1, 0.15) is 54.2 Å². The molecule has 2 heterocycles. The van der Waals surface area contributed by atoms with Gasteiger partial charge in [0.2, 0.25) is 11.8 Å². The van der Waals surface area contributed by atoms with Crippen LogP contribution in [0, 0.1) is 6.92 Å². The van der Waals surface area contributed by atoms with Crippen LogP contribution in [0.15, 0.2) is 8.86 Å². The first-order chi connectivity index (χ1) is 9.86. The number of nitrogens with zero attached hydrogens (tertiary/aromatic N) is 3. The fraction of sp³-hybridized carbons (Fsp3) is 0.538. The summed E-state index contributed by atoms with van der Waals surface area (Å²) < 4.78 is 6.16. The van der Waals surface area contributed by atoms with E-state index in [4.69, 9.17) is 10.3 Å². The summed E-state index contributed by atoms with van der Waals surface area (Å²) >= 11 is 3.03. The molecule has 21 heavy (non-hydrogen) atoms. The third-order valence-electron chi connectivity index (χ3n) is 2.81. The number of amides is 1. The van der Waals surface area contributed by atoms with E-state index in [1.54, 1.807) is 11.8 Å². The number of carbonyl (C=O) groups excluding carboxylic acids is 1. The van der Waals surface area contributed by atoms with Gasteiger partial charge in [-0.2, -0.15) is 4.98 Å². The maximum Gasteiger partial charge on any atom is 0.239 e. The Morgan fingerprint density at radius 3 is 2.67 bits per heavy atom. The maximum atomic E-state index is 11.0. The zero-order valence-corrected chi connectivity index (χ0v) is 14.0. The van der Waals surface area contributed by atoms with Crippen LogP contribution >= 0.6 is 23.1 Å². The van der Waals surface area contributed by atoms with E-state index >= 15 is 0 Å². The summed E-state index contributed by atoms with van der Waals surface area (Å²) in [6.07, 6.45) is 0.233. The summed E-state index contributed by atoms with van der Waals surface area (Å²) in [5, 5.41) is 3.97. The molecular weight excluding hydrogens is 308 g/mol. The molecule has 0 saturated heterocycles. The molecule has 0 aliphatic carbocycles. The van der Waals surface area contributed by atoms with E-state index in [0.29, 0.717) is 11.7 Å². The monoisotopic (exact) mass is 326 g/mol. The Labute approximate surface area is 131 Å². The fourth-order valence-corrected chi connectivity index (χ4v) is 4.04. The summed E-state index contributed by atoms with van der Waals surface area (Å²) in [5.74, 6) is 1.20. The Hall–Kier alpha value is -1.41. The van der Waals surface area contributed by atoms with Crippen molar-refractivity contribution in [3.8, 4) is 0 Å². The molecule has 2 rings (SSSR count). The number of hydrogen-bond donors (Lipinski definition) is 1. The lowest BCUT2D eigenvalue weighted by molar-refractivity contribution is -0.117. The molecule has 0 aromatic carbocycles. The van der Waals surface area contributed by atoms with E-state index in [1.165, 1.54) is 11.3 Å². The molecule has 2 aromatic rings. The number of hydrogen-bond acceptors (Lipinski definition) is 7. The quantitative estimate of drug-likeness (QED) is 0.820. The topological polar surface area (TPSA) is 94.9 Å². The molecule has 114 valence electrons. The van der Waals surface area contributed by atoms with Gasteiger partial charge in [-0.25, -0.2) is 4.98 Å². The highest BCUT2D eigenvalue weighted by Gasteiger charge is 2.19. The van der Waals surface area contributed by atoms with Gasteiger partial charge in [0.05, 0.1) is 17.4 Å². The third-order valence-corrected chi connectivity index (χ3v) is 5.15. The van der Waals surface area contributed by atoms with Crippen LogP contribution in [0.25, 0.3) is 0 Å².